The van der Waals surface area contributed by atoms with Gasteiger partial charge in [0.05, 0.1) is 15.7 Å². The highest BCUT2D eigenvalue weighted by molar-refractivity contribution is 6.42. The average Bonchev–Trinajstić information content (AvgIpc) is 2.30. The van der Waals surface area contributed by atoms with Gasteiger partial charge in [-0.3, -0.25) is 0 Å². The molecule has 0 fully saturated rings. The summed E-state index contributed by atoms with van der Waals surface area (Å²) in [7, 11) is 0. The molecule has 94 valence electrons. The van der Waals surface area contributed by atoms with Crippen LogP contribution in [-0.2, 0) is 0 Å². The Labute approximate surface area is 116 Å². The molecule has 0 unspecified atom stereocenters. The minimum Gasteiger partial charge on any atom is -0.455 e. The summed E-state index contributed by atoms with van der Waals surface area (Å²) >= 11 is 11.8. The van der Waals surface area contributed by atoms with Crippen LogP contribution in [-0.4, -0.2) is 0 Å². The van der Waals surface area contributed by atoms with Crippen LogP contribution in [0.25, 0.3) is 0 Å². The monoisotopic (exact) mass is 281 g/mol. The van der Waals surface area contributed by atoms with Crippen molar-refractivity contribution in [3.63, 3.8) is 0 Å². The molecule has 2 aromatic rings. The number of halogens is 2. The van der Waals surface area contributed by atoms with Crippen molar-refractivity contribution in [3.05, 3.63) is 51.5 Å². The zero-order valence-electron chi connectivity index (χ0n) is 10.1. The van der Waals surface area contributed by atoms with Crippen LogP contribution in [0.4, 0.5) is 5.69 Å². The summed E-state index contributed by atoms with van der Waals surface area (Å²) in [5.74, 6) is 1.28. The molecular weight excluding hydrogens is 269 g/mol. The summed E-state index contributed by atoms with van der Waals surface area (Å²) in [5.41, 5.74) is 8.47. The molecule has 0 bridgehead atoms. The fraction of sp³-hybridized carbons (Fsp3) is 0.143. The van der Waals surface area contributed by atoms with Crippen LogP contribution in [0.1, 0.15) is 11.1 Å². The minimum absolute atomic E-state index is 0.419. The van der Waals surface area contributed by atoms with Crippen LogP contribution in [0.2, 0.25) is 10.0 Å². The lowest BCUT2D eigenvalue weighted by atomic mass is 10.1. The van der Waals surface area contributed by atoms with E-state index < -0.39 is 0 Å². The minimum atomic E-state index is 0.419. The Morgan fingerprint density at radius 3 is 2.33 bits per heavy atom. The van der Waals surface area contributed by atoms with Crippen molar-refractivity contribution in [2.45, 2.75) is 13.8 Å². The molecule has 0 saturated carbocycles. The lowest BCUT2D eigenvalue weighted by Crippen LogP contribution is -1.94. The van der Waals surface area contributed by atoms with Gasteiger partial charge in [-0.15, -0.1) is 0 Å². The van der Waals surface area contributed by atoms with E-state index in [0.717, 1.165) is 16.9 Å². The van der Waals surface area contributed by atoms with Crippen LogP contribution < -0.4 is 10.5 Å². The fourth-order valence-electron chi connectivity index (χ4n) is 1.57. The maximum atomic E-state index is 5.96. The Balaban J connectivity index is 2.40. The number of ether oxygens (including phenoxy) is 1. The van der Waals surface area contributed by atoms with E-state index in [4.69, 9.17) is 33.7 Å². The molecule has 0 amide bonds. The normalized spacial score (nSPS) is 10.4. The van der Waals surface area contributed by atoms with E-state index in [0.29, 0.717) is 21.5 Å². The molecule has 0 spiro atoms. The topological polar surface area (TPSA) is 35.2 Å². The molecule has 4 heteroatoms. The molecule has 0 aliphatic carbocycles. The van der Waals surface area contributed by atoms with Crippen molar-refractivity contribution >= 4 is 28.9 Å². The van der Waals surface area contributed by atoms with Crippen molar-refractivity contribution in [2.24, 2.45) is 0 Å². The van der Waals surface area contributed by atoms with Gasteiger partial charge in [0.15, 0.2) is 5.75 Å². The molecular formula is C14H13Cl2NO. The summed E-state index contributed by atoms with van der Waals surface area (Å²) in [6.07, 6.45) is 0. The molecule has 0 aliphatic heterocycles. The van der Waals surface area contributed by atoms with Gasteiger partial charge in [-0.1, -0.05) is 35.3 Å². The van der Waals surface area contributed by atoms with Gasteiger partial charge in [0.1, 0.15) is 5.75 Å². The maximum absolute atomic E-state index is 5.96. The third-order valence-corrected chi connectivity index (χ3v) is 3.34. The van der Waals surface area contributed by atoms with E-state index >= 15 is 0 Å². The highest BCUT2D eigenvalue weighted by Crippen LogP contribution is 2.36. The number of rotatable bonds is 2. The summed E-state index contributed by atoms with van der Waals surface area (Å²) in [6.45, 7) is 3.98. The molecule has 0 aromatic heterocycles. The van der Waals surface area contributed by atoms with Gasteiger partial charge in [-0.2, -0.15) is 0 Å². The summed E-state index contributed by atoms with van der Waals surface area (Å²) in [6, 6.07) is 9.20. The third kappa shape index (κ3) is 2.71. The summed E-state index contributed by atoms with van der Waals surface area (Å²) in [4.78, 5) is 0. The van der Waals surface area contributed by atoms with Crippen LogP contribution in [0, 0.1) is 13.8 Å². The smallest absolute Gasteiger partial charge is 0.151 e. The zero-order chi connectivity index (χ0) is 13.3. The van der Waals surface area contributed by atoms with Gasteiger partial charge in [-0.05, 0) is 37.1 Å². The van der Waals surface area contributed by atoms with E-state index in [1.165, 1.54) is 0 Å². The van der Waals surface area contributed by atoms with E-state index in [9.17, 15) is 0 Å². The van der Waals surface area contributed by atoms with Crippen molar-refractivity contribution < 1.29 is 4.74 Å². The van der Waals surface area contributed by atoms with Crippen LogP contribution in [0.5, 0.6) is 11.5 Å². The molecule has 2 rings (SSSR count). The molecule has 2 N–H and O–H groups in total. The Morgan fingerprint density at radius 2 is 1.61 bits per heavy atom. The van der Waals surface area contributed by atoms with Crippen molar-refractivity contribution in [1.29, 1.82) is 0 Å². The number of hydrogen-bond donors (Lipinski definition) is 1. The Hall–Kier alpha value is -1.38. The molecule has 0 heterocycles. The number of nitrogen functional groups attached to an aromatic ring is 1. The highest BCUT2D eigenvalue weighted by atomic mass is 35.5. The number of hydrogen-bond acceptors (Lipinski definition) is 2. The van der Waals surface area contributed by atoms with Gasteiger partial charge < -0.3 is 10.5 Å². The van der Waals surface area contributed by atoms with Gasteiger partial charge in [0.25, 0.3) is 0 Å². The molecule has 2 nitrogen and oxygen atoms in total. The summed E-state index contributed by atoms with van der Waals surface area (Å²) < 4.78 is 5.79. The van der Waals surface area contributed by atoms with Gasteiger partial charge in [-0.25, -0.2) is 0 Å². The maximum Gasteiger partial charge on any atom is 0.151 e. The van der Waals surface area contributed by atoms with Gasteiger partial charge in [0.2, 0.25) is 0 Å². The third-order valence-electron chi connectivity index (χ3n) is 2.62. The first-order valence-corrected chi connectivity index (χ1v) is 6.22. The summed E-state index contributed by atoms with van der Waals surface area (Å²) in [5, 5.41) is 0.841. The number of benzene rings is 2. The highest BCUT2D eigenvalue weighted by Gasteiger charge is 2.09. The Bertz CT molecular complexity index is 597. The zero-order valence-corrected chi connectivity index (χ0v) is 11.6. The van der Waals surface area contributed by atoms with E-state index in [2.05, 4.69) is 0 Å². The molecule has 0 saturated heterocycles. The van der Waals surface area contributed by atoms with Crippen LogP contribution in [0.15, 0.2) is 30.3 Å². The SMILES string of the molecule is Cc1ccc(C)c(Oc2cc(Cl)c(Cl)cc2N)c1. The van der Waals surface area contributed by atoms with E-state index in [1.807, 2.05) is 32.0 Å². The Morgan fingerprint density at radius 1 is 0.944 bits per heavy atom. The molecule has 18 heavy (non-hydrogen) atoms. The lowest BCUT2D eigenvalue weighted by molar-refractivity contribution is 0.481. The predicted molar refractivity (Wildman–Crippen MR) is 76.9 cm³/mol. The quantitative estimate of drug-likeness (QED) is 0.788. The second-order valence-electron chi connectivity index (χ2n) is 4.18. The van der Waals surface area contributed by atoms with Crippen LogP contribution in [0.3, 0.4) is 0 Å². The van der Waals surface area contributed by atoms with E-state index in [1.54, 1.807) is 12.1 Å². The average molecular weight is 282 g/mol. The number of anilines is 1. The first kappa shape index (κ1) is 13.1. The van der Waals surface area contributed by atoms with Crippen molar-refractivity contribution in [1.82, 2.24) is 0 Å². The second kappa shape index (κ2) is 5.09. The van der Waals surface area contributed by atoms with Crippen molar-refractivity contribution in [3.8, 4) is 11.5 Å². The molecule has 0 atom stereocenters. The number of nitrogens with two attached hydrogens (primary N) is 1. The number of aryl methyl sites for hydroxylation is 2. The molecule has 0 aliphatic rings. The lowest BCUT2D eigenvalue weighted by Gasteiger charge is -2.12. The fourth-order valence-corrected chi connectivity index (χ4v) is 1.89. The van der Waals surface area contributed by atoms with Crippen molar-refractivity contribution in [2.75, 3.05) is 5.73 Å². The molecule has 0 radical (unpaired) electrons. The Kier molecular flexibility index (Phi) is 3.69. The first-order valence-electron chi connectivity index (χ1n) is 5.47. The largest absolute Gasteiger partial charge is 0.455 e. The van der Waals surface area contributed by atoms with Gasteiger partial charge in [0, 0.05) is 6.07 Å². The first-order chi connectivity index (χ1) is 8.47. The van der Waals surface area contributed by atoms with Crippen LogP contribution >= 0.6 is 23.2 Å². The standard InChI is InChI=1S/C14H13Cl2NO/c1-8-3-4-9(2)13(5-8)18-14-7-11(16)10(15)6-12(14)17/h3-7H,17H2,1-2H3. The van der Waals surface area contributed by atoms with E-state index in [-0.39, 0.29) is 0 Å². The predicted octanol–water partition coefficient (Wildman–Crippen LogP) is 4.98. The van der Waals surface area contributed by atoms with Gasteiger partial charge >= 0.3 is 0 Å². The molecule has 2 aromatic carbocycles. The second-order valence-corrected chi connectivity index (χ2v) is 4.99.